The Hall–Kier alpha value is -2.87. The lowest BCUT2D eigenvalue weighted by atomic mass is 9.95. The van der Waals surface area contributed by atoms with E-state index in [0.29, 0.717) is 31.9 Å². The van der Waals surface area contributed by atoms with Crippen molar-refractivity contribution in [3.05, 3.63) is 47.7 Å². The van der Waals surface area contributed by atoms with Crippen molar-refractivity contribution in [1.82, 2.24) is 20.0 Å². The van der Waals surface area contributed by atoms with Crippen LogP contribution in [0.1, 0.15) is 49.4 Å². The highest BCUT2D eigenvalue weighted by Gasteiger charge is 2.41. The van der Waals surface area contributed by atoms with Crippen LogP contribution in [0.3, 0.4) is 0 Å². The van der Waals surface area contributed by atoms with E-state index in [9.17, 15) is 9.59 Å². The van der Waals surface area contributed by atoms with Gasteiger partial charge in [-0.25, -0.2) is 0 Å². The molecular weight excluding hydrogens is 384 g/mol. The minimum Gasteiger partial charge on any atom is -0.462 e. The number of hydrogen-bond donors (Lipinski definition) is 1. The van der Waals surface area contributed by atoms with Crippen LogP contribution in [-0.2, 0) is 14.3 Å². The van der Waals surface area contributed by atoms with E-state index in [1.165, 1.54) is 6.08 Å². The van der Waals surface area contributed by atoms with Crippen molar-refractivity contribution < 1.29 is 18.7 Å². The smallest absolute Gasteiger partial charge is 0.244 e. The fourth-order valence-electron chi connectivity index (χ4n) is 3.73. The number of nitrogens with zero attached hydrogens (tertiary/aromatic N) is 3. The third-order valence-electron chi connectivity index (χ3n) is 5.27. The van der Waals surface area contributed by atoms with Crippen LogP contribution in [0, 0.1) is 12.8 Å². The second-order valence-electron chi connectivity index (χ2n) is 7.86. The Morgan fingerprint density at radius 3 is 2.87 bits per heavy atom. The third-order valence-corrected chi connectivity index (χ3v) is 5.27. The molecule has 2 atom stereocenters. The van der Waals surface area contributed by atoms with Crippen LogP contribution in [0.4, 0.5) is 0 Å². The van der Waals surface area contributed by atoms with Crippen LogP contribution < -0.4 is 5.32 Å². The highest BCUT2D eigenvalue weighted by molar-refractivity contribution is 5.91. The molecule has 30 heavy (non-hydrogen) atoms. The molecule has 3 rings (SSSR count). The molecule has 0 saturated carbocycles. The molecule has 0 aromatic carbocycles. The molecule has 1 N–H and O–H groups in total. The van der Waals surface area contributed by atoms with Gasteiger partial charge in [0.1, 0.15) is 11.5 Å². The van der Waals surface area contributed by atoms with Gasteiger partial charge in [0.15, 0.2) is 0 Å². The summed E-state index contributed by atoms with van der Waals surface area (Å²) in [5.74, 6) is 1.23. The van der Waals surface area contributed by atoms with Crippen LogP contribution in [0.15, 0.2) is 35.0 Å². The number of aryl methyl sites for hydroxylation is 1. The molecule has 0 aliphatic carbocycles. The quantitative estimate of drug-likeness (QED) is 0.637. The molecule has 0 spiro atoms. The molecule has 2 amide bonds. The molecule has 2 aromatic heterocycles. The Labute approximate surface area is 176 Å². The van der Waals surface area contributed by atoms with E-state index in [-0.39, 0.29) is 29.8 Å². The van der Waals surface area contributed by atoms with E-state index in [2.05, 4.69) is 24.3 Å². The summed E-state index contributed by atoms with van der Waals surface area (Å²) in [6, 6.07) is 3.75. The molecule has 1 aliphatic rings. The van der Waals surface area contributed by atoms with Crippen LogP contribution in [-0.4, -0.2) is 53.3 Å². The second kappa shape index (κ2) is 9.75. The van der Waals surface area contributed by atoms with E-state index < -0.39 is 0 Å². The first-order chi connectivity index (χ1) is 14.4. The zero-order chi connectivity index (χ0) is 21.7. The average Bonchev–Trinajstić information content (AvgIpc) is 3.42. The fourth-order valence-corrected chi connectivity index (χ4v) is 3.73. The van der Waals surface area contributed by atoms with E-state index in [0.717, 1.165) is 11.3 Å². The van der Waals surface area contributed by atoms with Gasteiger partial charge in [-0.15, -0.1) is 0 Å². The number of carbonyl (C=O) groups is 2. The lowest BCUT2D eigenvalue weighted by Crippen LogP contribution is -2.34. The molecule has 8 heteroatoms. The minimum atomic E-state index is -0.219. The van der Waals surface area contributed by atoms with Crippen molar-refractivity contribution in [2.45, 2.75) is 39.3 Å². The van der Waals surface area contributed by atoms with Crippen molar-refractivity contribution in [3.8, 4) is 0 Å². The van der Waals surface area contributed by atoms with Gasteiger partial charge in [0.2, 0.25) is 11.8 Å². The molecule has 0 bridgehead atoms. The first-order valence-corrected chi connectivity index (χ1v) is 10.2. The van der Waals surface area contributed by atoms with Crippen LogP contribution in [0.25, 0.3) is 6.08 Å². The van der Waals surface area contributed by atoms with Gasteiger partial charge >= 0.3 is 0 Å². The maximum absolute atomic E-state index is 12.7. The van der Waals surface area contributed by atoms with Gasteiger partial charge < -0.3 is 19.4 Å². The molecule has 2 aromatic rings. The van der Waals surface area contributed by atoms with Gasteiger partial charge in [0.05, 0.1) is 18.8 Å². The first kappa shape index (κ1) is 21.8. The van der Waals surface area contributed by atoms with Gasteiger partial charge in [0, 0.05) is 56.4 Å². The highest BCUT2D eigenvalue weighted by Crippen LogP contribution is 2.37. The number of rotatable bonds is 9. The number of furan rings is 1. The SMILES string of the molecule is COCCN1C(=O)C[C@@H](CNC(=O)/C=C/c2ccc(C)o2)[C@@H]1c1cnn(C(C)C)c1. The number of hydrogen-bond acceptors (Lipinski definition) is 5. The molecule has 0 unspecified atom stereocenters. The summed E-state index contributed by atoms with van der Waals surface area (Å²) in [6.07, 6.45) is 7.27. The molecule has 0 radical (unpaired) electrons. The summed E-state index contributed by atoms with van der Waals surface area (Å²) in [7, 11) is 1.62. The number of ether oxygens (including phenoxy) is 1. The lowest BCUT2D eigenvalue weighted by Gasteiger charge is -2.27. The van der Waals surface area contributed by atoms with E-state index in [1.54, 1.807) is 13.2 Å². The molecule has 1 aliphatic heterocycles. The summed E-state index contributed by atoms with van der Waals surface area (Å²) in [6.45, 7) is 7.34. The number of methoxy groups -OCH3 is 1. The maximum Gasteiger partial charge on any atom is 0.244 e. The molecule has 162 valence electrons. The number of nitrogens with one attached hydrogen (secondary N) is 1. The number of aromatic nitrogens is 2. The zero-order valence-corrected chi connectivity index (χ0v) is 18.0. The zero-order valence-electron chi connectivity index (χ0n) is 18.0. The number of amides is 2. The van der Waals surface area contributed by atoms with Gasteiger partial charge in [-0.3, -0.25) is 14.3 Å². The van der Waals surface area contributed by atoms with Gasteiger partial charge in [-0.05, 0) is 39.0 Å². The molecule has 1 fully saturated rings. The standard InChI is InChI=1S/C22H30N4O4/c1-15(2)26-14-18(13-24-26)22-17(11-21(28)25(22)9-10-29-4)12-23-20(27)8-7-19-6-5-16(3)30-19/h5-8,13-15,17,22H,9-12H2,1-4H3,(H,23,27)/b8-7+/t17-,22+/m0/s1. The van der Waals surface area contributed by atoms with Crippen molar-refractivity contribution >= 4 is 17.9 Å². The predicted molar refractivity (Wildman–Crippen MR) is 113 cm³/mol. The van der Waals surface area contributed by atoms with Crippen LogP contribution in [0.2, 0.25) is 0 Å². The lowest BCUT2D eigenvalue weighted by molar-refractivity contribution is -0.129. The number of carbonyl (C=O) groups excluding carboxylic acids is 2. The monoisotopic (exact) mass is 414 g/mol. The predicted octanol–water partition coefficient (Wildman–Crippen LogP) is 2.73. The summed E-state index contributed by atoms with van der Waals surface area (Å²) in [4.78, 5) is 26.8. The fraction of sp³-hybridized carbons (Fsp3) is 0.500. The van der Waals surface area contributed by atoms with Crippen molar-refractivity contribution in [2.24, 2.45) is 5.92 Å². The third kappa shape index (κ3) is 5.18. The van der Waals surface area contributed by atoms with E-state index in [1.807, 2.05) is 41.0 Å². The van der Waals surface area contributed by atoms with Gasteiger partial charge in [-0.1, -0.05) is 0 Å². The Morgan fingerprint density at radius 1 is 1.43 bits per heavy atom. The first-order valence-electron chi connectivity index (χ1n) is 10.2. The van der Waals surface area contributed by atoms with E-state index in [4.69, 9.17) is 9.15 Å². The minimum absolute atomic E-state index is 0.0395. The molecule has 8 nitrogen and oxygen atoms in total. The maximum atomic E-state index is 12.7. The Balaban J connectivity index is 1.69. The Kier molecular flexibility index (Phi) is 7.10. The van der Waals surface area contributed by atoms with Crippen LogP contribution >= 0.6 is 0 Å². The van der Waals surface area contributed by atoms with Gasteiger partial charge in [-0.2, -0.15) is 5.10 Å². The highest BCUT2D eigenvalue weighted by atomic mass is 16.5. The second-order valence-corrected chi connectivity index (χ2v) is 7.86. The Bertz CT molecular complexity index is 899. The Morgan fingerprint density at radius 2 is 2.23 bits per heavy atom. The van der Waals surface area contributed by atoms with Crippen molar-refractivity contribution in [2.75, 3.05) is 26.8 Å². The summed E-state index contributed by atoms with van der Waals surface area (Å²) in [5, 5.41) is 7.36. The summed E-state index contributed by atoms with van der Waals surface area (Å²) in [5.41, 5.74) is 0.978. The largest absolute Gasteiger partial charge is 0.462 e. The average molecular weight is 415 g/mol. The van der Waals surface area contributed by atoms with Gasteiger partial charge in [0.25, 0.3) is 0 Å². The summed E-state index contributed by atoms with van der Waals surface area (Å²) >= 11 is 0. The van der Waals surface area contributed by atoms with Crippen LogP contribution in [0.5, 0.6) is 0 Å². The number of likely N-dealkylation sites (tertiary alicyclic amines) is 1. The molecule has 1 saturated heterocycles. The van der Waals surface area contributed by atoms with E-state index >= 15 is 0 Å². The van der Waals surface area contributed by atoms with Crippen molar-refractivity contribution in [1.29, 1.82) is 0 Å². The van der Waals surface area contributed by atoms with Crippen molar-refractivity contribution in [3.63, 3.8) is 0 Å². The molecule has 3 heterocycles. The summed E-state index contributed by atoms with van der Waals surface area (Å²) < 4.78 is 12.5. The molecular formula is C22H30N4O4. The normalized spacial score (nSPS) is 19.4. The topological polar surface area (TPSA) is 89.6 Å².